The number of likely N-dealkylation sites (tertiary alicyclic amines) is 1. The van der Waals surface area contributed by atoms with Gasteiger partial charge in [-0.25, -0.2) is 9.97 Å². The Labute approximate surface area is 141 Å². The molecular weight excluding hydrogens is 333 g/mol. The van der Waals surface area contributed by atoms with E-state index in [1.165, 1.54) is 6.07 Å². The van der Waals surface area contributed by atoms with Crippen molar-refractivity contribution in [2.75, 3.05) is 13.1 Å². The Morgan fingerprint density at radius 2 is 2.08 bits per heavy atom. The fraction of sp³-hybridized carbons (Fsp3) is 0.412. The van der Waals surface area contributed by atoms with Crippen LogP contribution in [0.2, 0.25) is 0 Å². The molecule has 0 saturated carbocycles. The number of aliphatic hydroxyl groups excluding tert-OH is 1. The lowest BCUT2D eigenvalue weighted by atomic mass is 10.1. The molecule has 5 nitrogen and oxygen atoms in total. The van der Waals surface area contributed by atoms with Crippen LogP contribution in [0.1, 0.15) is 23.4 Å². The first-order chi connectivity index (χ1) is 11.8. The number of aryl methyl sites for hydroxylation is 1. The molecule has 0 bridgehead atoms. The Balaban J connectivity index is 1.82. The third-order valence-corrected chi connectivity index (χ3v) is 4.52. The monoisotopic (exact) mass is 350 g/mol. The lowest BCUT2D eigenvalue weighted by Gasteiger charge is -2.12. The van der Waals surface area contributed by atoms with Gasteiger partial charge in [0.15, 0.2) is 0 Å². The van der Waals surface area contributed by atoms with Crippen LogP contribution < -0.4 is 0 Å². The van der Waals surface area contributed by atoms with Crippen LogP contribution >= 0.6 is 0 Å². The number of fused-ring (bicyclic) bond motifs is 3. The summed E-state index contributed by atoms with van der Waals surface area (Å²) in [5.74, 6) is 0. The van der Waals surface area contributed by atoms with Gasteiger partial charge in [0, 0.05) is 36.9 Å². The number of hydrogen-bond acceptors (Lipinski definition) is 4. The topological polar surface area (TPSA) is 53.7 Å². The number of imidazole rings is 1. The van der Waals surface area contributed by atoms with Crippen molar-refractivity contribution in [2.24, 2.45) is 0 Å². The maximum Gasteiger partial charge on any atom is 0.417 e. The molecule has 3 aromatic heterocycles. The number of hydrogen-bond donors (Lipinski definition) is 1. The summed E-state index contributed by atoms with van der Waals surface area (Å²) >= 11 is 0. The zero-order valence-electron chi connectivity index (χ0n) is 13.6. The first kappa shape index (κ1) is 16.3. The summed E-state index contributed by atoms with van der Waals surface area (Å²) < 4.78 is 41.6. The van der Waals surface area contributed by atoms with Gasteiger partial charge in [-0.15, -0.1) is 0 Å². The lowest BCUT2D eigenvalue weighted by molar-refractivity contribution is -0.136. The number of halogens is 3. The van der Waals surface area contributed by atoms with Crippen LogP contribution in [-0.2, 0) is 12.7 Å². The van der Waals surface area contributed by atoms with Gasteiger partial charge in [0.05, 0.1) is 17.4 Å². The summed E-state index contributed by atoms with van der Waals surface area (Å²) in [4.78, 5) is 10.9. The number of alkyl halides is 3. The standard InChI is InChI=1S/C17H17F3N4O/c1-10-6-14(17(18,19)20)13-2-3-15-22-11(8-24(15)16(13)21-10)7-23-5-4-12(25)9-23/h2-3,6,8,12,25H,4-5,7,9H2,1H3. The first-order valence-electron chi connectivity index (χ1n) is 8.07. The van der Waals surface area contributed by atoms with Gasteiger partial charge in [0.2, 0.25) is 0 Å². The normalized spacial score (nSPS) is 19.3. The Morgan fingerprint density at radius 3 is 2.76 bits per heavy atom. The van der Waals surface area contributed by atoms with Gasteiger partial charge in [0.1, 0.15) is 11.3 Å². The molecule has 4 rings (SSSR count). The summed E-state index contributed by atoms with van der Waals surface area (Å²) in [6.45, 7) is 3.48. The van der Waals surface area contributed by atoms with Crippen LogP contribution in [0.25, 0.3) is 16.7 Å². The van der Waals surface area contributed by atoms with Gasteiger partial charge in [-0.1, -0.05) is 0 Å². The molecule has 4 heterocycles. The number of aromatic nitrogens is 3. The van der Waals surface area contributed by atoms with Crippen molar-refractivity contribution < 1.29 is 18.3 Å². The van der Waals surface area contributed by atoms with E-state index < -0.39 is 11.7 Å². The number of β-amino-alcohol motifs (C(OH)–C–C–N with tert-alkyl or cyclic N) is 1. The van der Waals surface area contributed by atoms with E-state index in [9.17, 15) is 18.3 Å². The molecule has 1 aliphatic heterocycles. The molecule has 0 aromatic carbocycles. The van der Waals surface area contributed by atoms with Crippen LogP contribution in [0, 0.1) is 6.92 Å². The molecule has 1 unspecified atom stereocenters. The molecular formula is C17H17F3N4O. The second-order valence-corrected chi connectivity index (χ2v) is 6.52. The summed E-state index contributed by atoms with van der Waals surface area (Å²) in [6, 6.07) is 4.07. The Hall–Kier alpha value is -2.19. The molecule has 1 fully saturated rings. The number of aliphatic hydroxyl groups is 1. The van der Waals surface area contributed by atoms with Crippen LogP contribution in [0.4, 0.5) is 13.2 Å². The molecule has 1 atom stereocenters. The van der Waals surface area contributed by atoms with Crippen LogP contribution in [-0.4, -0.2) is 43.6 Å². The highest BCUT2D eigenvalue weighted by molar-refractivity contribution is 5.82. The van der Waals surface area contributed by atoms with Gasteiger partial charge < -0.3 is 5.11 Å². The summed E-state index contributed by atoms with van der Waals surface area (Å²) in [7, 11) is 0. The highest BCUT2D eigenvalue weighted by Crippen LogP contribution is 2.35. The fourth-order valence-corrected chi connectivity index (χ4v) is 3.40. The minimum Gasteiger partial charge on any atom is -0.392 e. The predicted octanol–water partition coefficient (Wildman–Crippen LogP) is 2.78. The highest BCUT2D eigenvalue weighted by Gasteiger charge is 2.33. The minimum atomic E-state index is -4.44. The average molecular weight is 350 g/mol. The van der Waals surface area contributed by atoms with Gasteiger partial charge >= 0.3 is 6.18 Å². The van der Waals surface area contributed by atoms with Crippen molar-refractivity contribution in [3.8, 4) is 0 Å². The number of pyridine rings is 2. The summed E-state index contributed by atoms with van der Waals surface area (Å²) in [6.07, 6.45) is -2.30. The van der Waals surface area contributed by atoms with Gasteiger partial charge in [0.25, 0.3) is 0 Å². The summed E-state index contributed by atoms with van der Waals surface area (Å²) in [5.41, 5.74) is 1.19. The molecule has 3 aromatic rings. The Morgan fingerprint density at radius 1 is 1.28 bits per heavy atom. The Kier molecular flexibility index (Phi) is 3.69. The van der Waals surface area contributed by atoms with Crippen molar-refractivity contribution in [3.63, 3.8) is 0 Å². The zero-order chi connectivity index (χ0) is 17.8. The molecule has 1 N–H and O–H groups in total. The average Bonchev–Trinajstić information content (AvgIpc) is 3.11. The SMILES string of the molecule is Cc1cc(C(F)(F)F)c2ccc3nc(CN4CCC(O)C4)cn3c2n1. The van der Waals surface area contributed by atoms with Crippen molar-refractivity contribution in [2.45, 2.75) is 32.2 Å². The van der Waals surface area contributed by atoms with Crippen molar-refractivity contribution >= 4 is 16.7 Å². The second kappa shape index (κ2) is 5.67. The molecule has 1 saturated heterocycles. The predicted molar refractivity (Wildman–Crippen MR) is 86.1 cm³/mol. The molecule has 0 radical (unpaired) electrons. The molecule has 1 aliphatic rings. The zero-order valence-corrected chi connectivity index (χ0v) is 13.6. The lowest BCUT2D eigenvalue weighted by Crippen LogP contribution is -2.21. The van der Waals surface area contributed by atoms with Gasteiger partial charge in [-0.2, -0.15) is 13.2 Å². The van der Waals surface area contributed by atoms with E-state index in [1.54, 1.807) is 23.6 Å². The highest BCUT2D eigenvalue weighted by atomic mass is 19.4. The quantitative estimate of drug-likeness (QED) is 0.772. The second-order valence-electron chi connectivity index (χ2n) is 6.52. The first-order valence-corrected chi connectivity index (χ1v) is 8.07. The van der Waals surface area contributed by atoms with Crippen LogP contribution in [0.5, 0.6) is 0 Å². The molecule has 132 valence electrons. The maximum atomic E-state index is 13.3. The third kappa shape index (κ3) is 2.96. The molecule has 0 spiro atoms. The maximum absolute atomic E-state index is 13.3. The van der Waals surface area contributed by atoms with E-state index in [-0.39, 0.29) is 17.1 Å². The van der Waals surface area contributed by atoms with E-state index in [0.717, 1.165) is 24.7 Å². The smallest absolute Gasteiger partial charge is 0.392 e. The van der Waals surface area contributed by atoms with Crippen molar-refractivity contribution in [3.05, 3.63) is 41.3 Å². The van der Waals surface area contributed by atoms with Crippen molar-refractivity contribution in [1.82, 2.24) is 19.3 Å². The molecule has 25 heavy (non-hydrogen) atoms. The minimum absolute atomic E-state index is 0.0612. The van der Waals surface area contributed by atoms with Crippen molar-refractivity contribution in [1.29, 1.82) is 0 Å². The van der Waals surface area contributed by atoms with E-state index in [1.807, 2.05) is 0 Å². The van der Waals surface area contributed by atoms with E-state index >= 15 is 0 Å². The van der Waals surface area contributed by atoms with Gasteiger partial charge in [-0.3, -0.25) is 9.30 Å². The van der Waals surface area contributed by atoms with Crippen LogP contribution in [0.15, 0.2) is 24.4 Å². The molecule has 8 heteroatoms. The molecule has 0 amide bonds. The third-order valence-electron chi connectivity index (χ3n) is 4.52. The van der Waals surface area contributed by atoms with E-state index in [2.05, 4.69) is 14.9 Å². The number of rotatable bonds is 2. The number of nitrogens with zero attached hydrogens (tertiary/aromatic N) is 4. The molecule has 0 aliphatic carbocycles. The van der Waals surface area contributed by atoms with E-state index in [0.29, 0.717) is 24.4 Å². The van der Waals surface area contributed by atoms with Crippen LogP contribution in [0.3, 0.4) is 0 Å². The van der Waals surface area contributed by atoms with E-state index in [4.69, 9.17) is 0 Å². The van der Waals surface area contributed by atoms with Gasteiger partial charge in [-0.05, 0) is 31.5 Å². The largest absolute Gasteiger partial charge is 0.417 e. The summed E-state index contributed by atoms with van der Waals surface area (Å²) in [5, 5.41) is 9.67. The Bertz CT molecular complexity index is 950. The fourth-order valence-electron chi connectivity index (χ4n) is 3.40.